The van der Waals surface area contributed by atoms with Crippen LogP contribution in [0, 0.1) is 5.92 Å². The first-order chi connectivity index (χ1) is 12.6. The van der Waals surface area contributed by atoms with Gasteiger partial charge in [0.15, 0.2) is 0 Å². The van der Waals surface area contributed by atoms with Crippen molar-refractivity contribution in [3.8, 4) is 5.75 Å². The predicted molar refractivity (Wildman–Crippen MR) is 101 cm³/mol. The third-order valence-corrected chi connectivity index (χ3v) is 4.39. The van der Waals surface area contributed by atoms with Crippen LogP contribution in [0.4, 0.5) is 5.69 Å². The Hall–Kier alpha value is -2.86. The molecule has 1 aliphatic heterocycles. The lowest BCUT2D eigenvalue weighted by atomic mass is 10.1. The van der Waals surface area contributed by atoms with Crippen molar-refractivity contribution < 1.29 is 14.3 Å². The van der Waals surface area contributed by atoms with Crippen LogP contribution in [-0.2, 0) is 9.59 Å². The van der Waals surface area contributed by atoms with Crippen LogP contribution in [0.15, 0.2) is 53.6 Å². The van der Waals surface area contributed by atoms with Crippen molar-refractivity contribution in [3.63, 3.8) is 0 Å². The summed E-state index contributed by atoms with van der Waals surface area (Å²) in [7, 11) is 1.60. The zero-order chi connectivity index (χ0) is 18.5. The van der Waals surface area contributed by atoms with E-state index in [1.54, 1.807) is 42.5 Å². The molecule has 0 saturated carbocycles. The largest absolute Gasteiger partial charge is 0.497 e. The number of methoxy groups -OCH3 is 1. The van der Waals surface area contributed by atoms with E-state index < -0.39 is 5.92 Å². The van der Waals surface area contributed by atoms with Gasteiger partial charge in [-0.25, -0.2) is 5.43 Å². The molecule has 2 aromatic rings. The Morgan fingerprint density at radius 3 is 2.58 bits per heavy atom. The van der Waals surface area contributed by atoms with E-state index >= 15 is 0 Å². The van der Waals surface area contributed by atoms with E-state index in [1.807, 2.05) is 24.3 Å². The molecule has 1 unspecified atom stereocenters. The minimum Gasteiger partial charge on any atom is -0.497 e. The van der Waals surface area contributed by atoms with Crippen LogP contribution in [0.5, 0.6) is 5.75 Å². The van der Waals surface area contributed by atoms with E-state index in [-0.39, 0.29) is 18.2 Å². The standard InChI is InChI=1S/C19H18ClN3O3/c1-26-17-8-2-13(3-9-17)11-21-22-19(25)14-10-18(24)23(12-14)16-6-4-15(20)5-7-16/h2-9,11,14H,10,12H2,1H3,(H,22,25)/b21-11+. The smallest absolute Gasteiger partial charge is 0.245 e. The topological polar surface area (TPSA) is 71.0 Å². The van der Waals surface area contributed by atoms with Crippen LogP contribution >= 0.6 is 11.6 Å². The third kappa shape index (κ3) is 4.21. The second-order valence-corrected chi connectivity index (χ2v) is 6.33. The van der Waals surface area contributed by atoms with Gasteiger partial charge in [0.05, 0.1) is 19.2 Å². The maximum absolute atomic E-state index is 12.3. The lowest BCUT2D eigenvalue weighted by molar-refractivity contribution is -0.126. The quantitative estimate of drug-likeness (QED) is 0.649. The van der Waals surface area contributed by atoms with Gasteiger partial charge < -0.3 is 9.64 Å². The van der Waals surface area contributed by atoms with Crippen molar-refractivity contribution in [2.75, 3.05) is 18.6 Å². The zero-order valence-corrected chi connectivity index (χ0v) is 14.9. The highest BCUT2D eigenvalue weighted by Gasteiger charge is 2.35. The maximum Gasteiger partial charge on any atom is 0.245 e. The summed E-state index contributed by atoms with van der Waals surface area (Å²) in [6.07, 6.45) is 1.71. The number of carbonyl (C=O) groups is 2. The molecular weight excluding hydrogens is 354 g/mol. The number of halogens is 1. The normalized spacial score (nSPS) is 16.9. The number of rotatable bonds is 5. The van der Waals surface area contributed by atoms with Gasteiger partial charge in [-0.15, -0.1) is 0 Å². The molecule has 26 heavy (non-hydrogen) atoms. The fourth-order valence-corrected chi connectivity index (χ4v) is 2.83. The van der Waals surface area contributed by atoms with Gasteiger partial charge in [-0.05, 0) is 54.1 Å². The second-order valence-electron chi connectivity index (χ2n) is 5.89. The molecule has 7 heteroatoms. The summed E-state index contributed by atoms with van der Waals surface area (Å²) in [5, 5.41) is 4.56. The first kappa shape index (κ1) is 17.9. The molecule has 1 atom stereocenters. The first-order valence-electron chi connectivity index (χ1n) is 8.09. The minimum atomic E-state index is -0.439. The van der Waals surface area contributed by atoms with Gasteiger partial charge in [-0.3, -0.25) is 9.59 Å². The number of ether oxygens (including phenoxy) is 1. The summed E-state index contributed by atoms with van der Waals surface area (Å²) >= 11 is 5.87. The van der Waals surface area contributed by atoms with Crippen molar-refractivity contribution in [1.29, 1.82) is 0 Å². The molecule has 3 rings (SSSR count). The lowest BCUT2D eigenvalue weighted by Crippen LogP contribution is -2.30. The summed E-state index contributed by atoms with van der Waals surface area (Å²) in [6.45, 7) is 0.324. The molecule has 0 aromatic heterocycles. The Kier molecular flexibility index (Phi) is 5.53. The molecule has 0 radical (unpaired) electrons. The molecular formula is C19H18ClN3O3. The molecule has 1 aliphatic rings. The highest BCUT2D eigenvalue weighted by atomic mass is 35.5. The van der Waals surface area contributed by atoms with E-state index in [9.17, 15) is 9.59 Å². The van der Waals surface area contributed by atoms with Crippen LogP contribution < -0.4 is 15.1 Å². The van der Waals surface area contributed by atoms with Crippen molar-refractivity contribution in [3.05, 3.63) is 59.1 Å². The number of nitrogens with zero attached hydrogens (tertiary/aromatic N) is 2. The zero-order valence-electron chi connectivity index (χ0n) is 14.2. The maximum atomic E-state index is 12.3. The SMILES string of the molecule is COc1ccc(/C=N/NC(=O)C2CC(=O)N(c3ccc(Cl)cc3)C2)cc1. The van der Waals surface area contributed by atoms with Gasteiger partial charge in [-0.1, -0.05) is 11.6 Å². The first-order valence-corrected chi connectivity index (χ1v) is 8.47. The molecule has 1 fully saturated rings. The molecule has 6 nitrogen and oxygen atoms in total. The van der Waals surface area contributed by atoms with E-state index in [1.165, 1.54) is 0 Å². The predicted octanol–water partition coefficient (Wildman–Crippen LogP) is 2.85. The molecule has 134 valence electrons. The van der Waals surface area contributed by atoms with Crippen LogP contribution in [0.1, 0.15) is 12.0 Å². The molecule has 0 bridgehead atoms. The number of anilines is 1. The Morgan fingerprint density at radius 1 is 1.23 bits per heavy atom. The fourth-order valence-electron chi connectivity index (χ4n) is 2.71. The Balaban J connectivity index is 1.57. The average molecular weight is 372 g/mol. The molecule has 1 heterocycles. The number of carbonyl (C=O) groups excluding carboxylic acids is 2. The summed E-state index contributed by atoms with van der Waals surface area (Å²) < 4.78 is 5.08. The van der Waals surface area contributed by atoms with Gasteiger partial charge in [0.25, 0.3) is 0 Å². The van der Waals surface area contributed by atoms with Crippen LogP contribution in [-0.4, -0.2) is 31.7 Å². The Morgan fingerprint density at radius 2 is 1.92 bits per heavy atom. The number of hydrogen-bond acceptors (Lipinski definition) is 4. The lowest BCUT2D eigenvalue weighted by Gasteiger charge is -2.16. The van der Waals surface area contributed by atoms with Crippen molar-refractivity contribution >= 4 is 35.3 Å². The summed E-state index contributed by atoms with van der Waals surface area (Å²) in [5.41, 5.74) is 4.07. The molecule has 0 aliphatic carbocycles. The number of hydrogen-bond donors (Lipinski definition) is 1. The second kappa shape index (κ2) is 8.01. The van der Waals surface area contributed by atoms with E-state index in [4.69, 9.17) is 16.3 Å². The van der Waals surface area contributed by atoms with Crippen LogP contribution in [0.2, 0.25) is 5.02 Å². The van der Waals surface area contributed by atoms with Crippen molar-refractivity contribution in [2.24, 2.45) is 11.0 Å². The number of amides is 2. The highest BCUT2D eigenvalue weighted by molar-refractivity contribution is 6.30. The average Bonchev–Trinajstić information content (AvgIpc) is 3.05. The third-order valence-electron chi connectivity index (χ3n) is 4.14. The Labute approximate surface area is 156 Å². The fraction of sp³-hybridized carbons (Fsp3) is 0.211. The number of nitrogens with one attached hydrogen (secondary N) is 1. The molecule has 2 amide bonds. The van der Waals surface area contributed by atoms with Gasteiger partial charge in [0.2, 0.25) is 11.8 Å². The number of hydrazone groups is 1. The minimum absolute atomic E-state index is 0.0911. The van der Waals surface area contributed by atoms with Gasteiger partial charge >= 0.3 is 0 Å². The molecule has 0 spiro atoms. The van der Waals surface area contributed by atoms with Gasteiger partial charge in [0.1, 0.15) is 5.75 Å². The molecule has 1 N–H and O–H groups in total. The van der Waals surface area contributed by atoms with Gasteiger partial charge in [0, 0.05) is 23.7 Å². The number of benzene rings is 2. The van der Waals surface area contributed by atoms with Crippen molar-refractivity contribution in [2.45, 2.75) is 6.42 Å². The van der Waals surface area contributed by atoms with Crippen LogP contribution in [0.3, 0.4) is 0 Å². The van der Waals surface area contributed by atoms with E-state index in [2.05, 4.69) is 10.5 Å². The summed E-state index contributed by atoms with van der Waals surface area (Å²) in [5.74, 6) is -0.0599. The van der Waals surface area contributed by atoms with Crippen molar-refractivity contribution in [1.82, 2.24) is 5.43 Å². The van der Waals surface area contributed by atoms with E-state index in [0.29, 0.717) is 11.6 Å². The molecule has 1 saturated heterocycles. The van der Waals surface area contributed by atoms with E-state index in [0.717, 1.165) is 17.0 Å². The summed E-state index contributed by atoms with van der Waals surface area (Å²) in [4.78, 5) is 26.1. The van der Waals surface area contributed by atoms with Crippen LogP contribution in [0.25, 0.3) is 0 Å². The molecule has 2 aromatic carbocycles. The van der Waals surface area contributed by atoms with Gasteiger partial charge in [-0.2, -0.15) is 5.10 Å². The summed E-state index contributed by atoms with van der Waals surface area (Å²) in [6, 6.07) is 14.2. The highest BCUT2D eigenvalue weighted by Crippen LogP contribution is 2.26. The monoisotopic (exact) mass is 371 g/mol. The Bertz CT molecular complexity index is 819.